The van der Waals surface area contributed by atoms with Gasteiger partial charge in [-0.05, 0) is 42.5 Å². The maximum atomic E-state index is 13.5. The first-order valence-electron chi connectivity index (χ1n) is 6.59. The number of halogens is 3. The fourth-order valence-electron chi connectivity index (χ4n) is 2.62. The summed E-state index contributed by atoms with van der Waals surface area (Å²) in [7, 11) is 0. The van der Waals surface area contributed by atoms with Crippen LogP contribution in [0, 0.1) is 11.6 Å². The van der Waals surface area contributed by atoms with Crippen LogP contribution in [0.25, 0.3) is 0 Å². The molecular weight excluding hydrogens is 324 g/mol. The van der Waals surface area contributed by atoms with Crippen molar-refractivity contribution in [3.63, 3.8) is 0 Å². The highest BCUT2D eigenvalue weighted by Crippen LogP contribution is 2.41. The molecule has 1 fully saturated rings. The molecule has 0 aromatic heterocycles. The Balaban J connectivity index is 1.62. The van der Waals surface area contributed by atoms with Crippen LogP contribution in [0.5, 0.6) is 0 Å². The number of benzene rings is 2. The normalized spacial score (nSPS) is 21.4. The Morgan fingerprint density at radius 2 is 1.80 bits per heavy atom. The van der Waals surface area contributed by atoms with Crippen LogP contribution in [-0.2, 0) is 0 Å². The molecule has 104 valence electrons. The molecule has 0 aliphatic heterocycles. The number of hydrogen-bond acceptors (Lipinski definition) is 1. The minimum atomic E-state index is -0.548. The summed E-state index contributed by atoms with van der Waals surface area (Å²) in [6.45, 7) is 0. The molecule has 2 aromatic carbocycles. The van der Waals surface area contributed by atoms with E-state index in [9.17, 15) is 8.78 Å². The molecule has 4 heteroatoms. The minimum absolute atomic E-state index is 0.243. The van der Waals surface area contributed by atoms with Crippen LogP contribution in [0.3, 0.4) is 0 Å². The summed E-state index contributed by atoms with van der Waals surface area (Å²) < 4.78 is 27.5. The Morgan fingerprint density at radius 1 is 1.05 bits per heavy atom. The van der Waals surface area contributed by atoms with Crippen LogP contribution in [0.15, 0.2) is 46.9 Å². The largest absolute Gasteiger partial charge is 0.380 e. The molecule has 1 nitrogen and oxygen atoms in total. The van der Waals surface area contributed by atoms with Crippen molar-refractivity contribution in [2.24, 2.45) is 0 Å². The van der Waals surface area contributed by atoms with Crippen LogP contribution in [-0.4, -0.2) is 6.04 Å². The van der Waals surface area contributed by atoms with Crippen LogP contribution < -0.4 is 5.32 Å². The predicted molar refractivity (Wildman–Crippen MR) is 79.9 cm³/mol. The van der Waals surface area contributed by atoms with Gasteiger partial charge in [0.1, 0.15) is 11.6 Å². The van der Waals surface area contributed by atoms with E-state index in [1.807, 2.05) is 18.2 Å². The molecule has 0 saturated heterocycles. The maximum Gasteiger partial charge on any atom is 0.149 e. The van der Waals surface area contributed by atoms with Gasteiger partial charge in [-0.25, -0.2) is 8.78 Å². The second-order valence-corrected chi connectivity index (χ2v) is 6.01. The van der Waals surface area contributed by atoms with Crippen molar-refractivity contribution in [2.75, 3.05) is 5.32 Å². The Labute approximate surface area is 125 Å². The lowest BCUT2D eigenvalue weighted by molar-refractivity contribution is 0.372. The Hall–Kier alpha value is -1.42. The van der Waals surface area contributed by atoms with Gasteiger partial charge in [-0.2, -0.15) is 0 Å². The monoisotopic (exact) mass is 337 g/mol. The summed E-state index contributed by atoms with van der Waals surface area (Å²) in [6, 6.07) is 12.1. The smallest absolute Gasteiger partial charge is 0.149 e. The number of hydrogen-bond donors (Lipinski definition) is 1. The van der Waals surface area contributed by atoms with Crippen LogP contribution in [0.4, 0.5) is 14.5 Å². The van der Waals surface area contributed by atoms with Crippen LogP contribution >= 0.6 is 15.9 Å². The Morgan fingerprint density at radius 3 is 2.50 bits per heavy atom. The summed E-state index contributed by atoms with van der Waals surface area (Å²) in [4.78, 5) is 0. The maximum absolute atomic E-state index is 13.5. The third kappa shape index (κ3) is 2.70. The predicted octanol–water partition coefficient (Wildman–Crippen LogP) is 5.09. The average molecular weight is 338 g/mol. The molecule has 3 rings (SSSR count). The van der Waals surface area contributed by atoms with Gasteiger partial charge in [0.25, 0.3) is 0 Å². The van der Waals surface area contributed by atoms with Crippen LogP contribution in [0.2, 0.25) is 0 Å². The van der Waals surface area contributed by atoms with Crippen molar-refractivity contribution < 1.29 is 8.78 Å². The number of rotatable bonds is 3. The van der Waals surface area contributed by atoms with E-state index in [4.69, 9.17) is 0 Å². The molecule has 0 heterocycles. The highest BCUT2D eigenvalue weighted by molar-refractivity contribution is 9.10. The van der Waals surface area contributed by atoms with Crippen molar-refractivity contribution in [2.45, 2.75) is 24.8 Å². The van der Waals surface area contributed by atoms with Crippen molar-refractivity contribution in [1.29, 1.82) is 0 Å². The van der Waals surface area contributed by atoms with Gasteiger partial charge in [0.2, 0.25) is 0 Å². The first-order chi connectivity index (χ1) is 9.63. The van der Waals surface area contributed by atoms with E-state index in [1.165, 1.54) is 17.7 Å². The molecule has 0 spiro atoms. The third-order valence-electron chi connectivity index (χ3n) is 3.77. The zero-order valence-electron chi connectivity index (χ0n) is 10.7. The zero-order chi connectivity index (χ0) is 14.1. The molecule has 0 atom stereocenters. The fraction of sp³-hybridized carbons (Fsp3) is 0.250. The summed E-state index contributed by atoms with van der Waals surface area (Å²) in [5, 5.41) is 3.14. The number of nitrogens with one attached hydrogen (secondary N) is 1. The summed E-state index contributed by atoms with van der Waals surface area (Å²) >= 11 is 3.56. The van der Waals surface area contributed by atoms with Gasteiger partial charge in [0.05, 0.1) is 5.69 Å². The molecule has 1 aliphatic rings. The second kappa shape index (κ2) is 5.52. The molecule has 20 heavy (non-hydrogen) atoms. The third-order valence-corrected chi connectivity index (χ3v) is 4.50. The van der Waals surface area contributed by atoms with Crippen molar-refractivity contribution in [3.05, 3.63) is 64.1 Å². The molecule has 0 unspecified atom stereocenters. The molecule has 2 aromatic rings. The summed E-state index contributed by atoms with van der Waals surface area (Å²) in [5.41, 5.74) is 1.67. The van der Waals surface area contributed by atoms with Gasteiger partial charge < -0.3 is 5.32 Å². The van der Waals surface area contributed by atoms with Gasteiger partial charge in [0.15, 0.2) is 0 Å². The summed E-state index contributed by atoms with van der Waals surface area (Å²) in [5.74, 6) is -0.589. The van der Waals surface area contributed by atoms with Gasteiger partial charge >= 0.3 is 0 Å². The molecule has 0 radical (unpaired) electrons. The Kier molecular flexibility index (Phi) is 3.74. The minimum Gasteiger partial charge on any atom is -0.380 e. The zero-order valence-corrected chi connectivity index (χ0v) is 12.3. The van der Waals surface area contributed by atoms with E-state index < -0.39 is 11.6 Å². The quantitative estimate of drug-likeness (QED) is 0.822. The van der Waals surface area contributed by atoms with E-state index in [0.717, 1.165) is 23.4 Å². The van der Waals surface area contributed by atoms with E-state index in [2.05, 4.69) is 27.3 Å². The van der Waals surface area contributed by atoms with E-state index in [1.54, 1.807) is 0 Å². The van der Waals surface area contributed by atoms with Crippen molar-refractivity contribution >= 4 is 21.6 Å². The topological polar surface area (TPSA) is 12.0 Å². The lowest BCUT2D eigenvalue weighted by Crippen LogP contribution is -2.34. The molecule has 1 N–H and O–H groups in total. The lowest BCUT2D eigenvalue weighted by atomic mass is 9.76. The highest BCUT2D eigenvalue weighted by Gasteiger charge is 2.31. The first-order valence-corrected chi connectivity index (χ1v) is 7.39. The Bertz CT molecular complexity index is 624. The van der Waals surface area contributed by atoms with Crippen molar-refractivity contribution in [1.82, 2.24) is 0 Å². The fourth-order valence-corrected chi connectivity index (χ4v) is 3.23. The second-order valence-electron chi connectivity index (χ2n) is 5.16. The van der Waals surface area contributed by atoms with Gasteiger partial charge in [0, 0.05) is 16.6 Å². The van der Waals surface area contributed by atoms with Crippen molar-refractivity contribution in [3.8, 4) is 0 Å². The van der Waals surface area contributed by atoms with E-state index in [0.29, 0.717) is 11.6 Å². The van der Waals surface area contributed by atoms with Crippen LogP contribution in [0.1, 0.15) is 24.3 Å². The van der Waals surface area contributed by atoms with E-state index in [-0.39, 0.29) is 6.04 Å². The lowest BCUT2D eigenvalue weighted by Gasteiger charge is -2.37. The highest BCUT2D eigenvalue weighted by atomic mass is 79.9. The molecular formula is C16H14BrF2N. The molecule has 0 bridgehead atoms. The van der Waals surface area contributed by atoms with Gasteiger partial charge in [-0.3, -0.25) is 0 Å². The standard InChI is InChI=1S/C16H14BrF2N/c17-14-4-2-1-3-13(14)10-7-12(8-10)20-16-6-5-11(18)9-15(16)19/h1-6,9-10,12,20H,7-8H2. The SMILES string of the molecule is Fc1ccc(NC2CC(c3ccccc3Br)C2)c(F)c1. The first kappa shape index (κ1) is 13.6. The number of anilines is 1. The molecule has 0 amide bonds. The molecule has 1 saturated carbocycles. The molecule has 1 aliphatic carbocycles. The average Bonchev–Trinajstić information content (AvgIpc) is 2.37. The van der Waals surface area contributed by atoms with Gasteiger partial charge in [-0.15, -0.1) is 0 Å². The summed E-state index contributed by atoms with van der Waals surface area (Å²) in [6.07, 6.45) is 1.92. The van der Waals surface area contributed by atoms with Gasteiger partial charge in [-0.1, -0.05) is 34.1 Å². The van der Waals surface area contributed by atoms with E-state index >= 15 is 0 Å².